The molecule has 1 unspecified atom stereocenters. The van der Waals surface area contributed by atoms with E-state index in [1.54, 1.807) is 0 Å². The van der Waals surface area contributed by atoms with Crippen LogP contribution in [0.25, 0.3) is 0 Å². The highest BCUT2D eigenvalue weighted by Gasteiger charge is 2.13. The van der Waals surface area contributed by atoms with Crippen molar-refractivity contribution in [2.24, 2.45) is 0 Å². The van der Waals surface area contributed by atoms with E-state index >= 15 is 0 Å². The van der Waals surface area contributed by atoms with Gasteiger partial charge in [0.15, 0.2) is 11.6 Å². The normalized spacial score (nSPS) is 15.2. The molecule has 12 heavy (non-hydrogen) atoms. The monoisotopic (exact) mass is 190 g/mol. The van der Waals surface area contributed by atoms with Gasteiger partial charge in [0.1, 0.15) is 0 Å². The fourth-order valence-electron chi connectivity index (χ4n) is 0.701. The Morgan fingerprint density at radius 2 is 2.08 bits per heavy atom. The minimum atomic E-state index is -3.65. The van der Waals surface area contributed by atoms with E-state index in [9.17, 15) is 8.96 Å². The molecule has 0 aliphatic rings. The van der Waals surface area contributed by atoms with Crippen LogP contribution in [-0.4, -0.2) is 11.6 Å². The van der Waals surface area contributed by atoms with Crippen molar-refractivity contribution >= 4 is 7.60 Å². The molecule has 1 rings (SSSR count). The molecule has 0 aromatic heterocycles. The molecule has 0 aliphatic carbocycles. The number of para-hydroxylation sites is 1. The van der Waals surface area contributed by atoms with Crippen LogP contribution in [0.4, 0.5) is 4.39 Å². The van der Waals surface area contributed by atoms with Crippen LogP contribution in [-0.2, 0) is 4.57 Å². The van der Waals surface area contributed by atoms with Gasteiger partial charge in [-0.2, -0.15) is 0 Å². The fraction of sp³-hybridized carbons (Fsp3) is 0.143. The van der Waals surface area contributed by atoms with Crippen LogP contribution in [0.5, 0.6) is 5.75 Å². The third-order valence-electron chi connectivity index (χ3n) is 1.10. The lowest BCUT2D eigenvalue weighted by Crippen LogP contribution is -1.91. The minimum Gasteiger partial charge on any atom is -0.422 e. The van der Waals surface area contributed by atoms with Gasteiger partial charge in [-0.1, -0.05) is 12.1 Å². The van der Waals surface area contributed by atoms with Gasteiger partial charge in [-0.3, -0.25) is 0 Å². The van der Waals surface area contributed by atoms with E-state index in [2.05, 4.69) is 4.52 Å². The van der Waals surface area contributed by atoms with Crippen LogP contribution in [0.15, 0.2) is 24.3 Å². The summed E-state index contributed by atoms with van der Waals surface area (Å²) in [7, 11) is -3.65. The smallest absolute Gasteiger partial charge is 0.373 e. The van der Waals surface area contributed by atoms with E-state index in [4.69, 9.17) is 4.89 Å². The first-order valence-corrected chi connectivity index (χ1v) is 5.26. The van der Waals surface area contributed by atoms with Gasteiger partial charge < -0.3 is 9.42 Å². The van der Waals surface area contributed by atoms with Gasteiger partial charge in [0.25, 0.3) is 0 Å². The third kappa shape index (κ3) is 2.64. The van der Waals surface area contributed by atoms with Gasteiger partial charge in [0.2, 0.25) is 0 Å². The fourth-order valence-corrected chi connectivity index (χ4v) is 1.21. The van der Waals surface area contributed by atoms with Crippen LogP contribution < -0.4 is 4.52 Å². The molecule has 0 spiro atoms. The minimum absolute atomic E-state index is 0.203. The lowest BCUT2D eigenvalue weighted by atomic mass is 10.3. The van der Waals surface area contributed by atoms with Crippen molar-refractivity contribution < 1.29 is 18.4 Å². The molecule has 5 heteroatoms. The van der Waals surface area contributed by atoms with Crippen molar-refractivity contribution in [3.05, 3.63) is 30.1 Å². The second kappa shape index (κ2) is 3.25. The maximum atomic E-state index is 12.8. The Balaban J connectivity index is 2.90. The Bertz CT molecular complexity index is 320. The molecule has 1 aromatic rings. The maximum absolute atomic E-state index is 12.8. The molecule has 66 valence electrons. The Kier molecular flexibility index (Phi) is 2.50. The Morgan fingerprint density at radius 3 is 2.58 bits per heavy atom. The molecular weight excluding hydrogens is 182 g/mol. The molecule has 0 amide bonds. The van der Waals surface area contributed by atoms with Crippen molar-refractivity contribution in [1.29, 1.82) is 0 Å². The Hall–Kier alpha value is -0.860. The SMILES string of the molecule is CP(=O)(O)Oc1ccccc1F. The molecular formula is C7H8FO3P. The summed E-state index contributed by atoms with van der Waals surface area (Å²) in [5.74, 6) is -0.848. The maximum Gasteiger partial charge on any atom is 0.373 e. The lowest BCUT2D eigenvalue weighted by Gasteiger charge is -2.08. The van der Waals surface area contributed by atoms with Crippen molar-refractivity contribution in [3.63, 3.8) is 0 Å². The first-order valence-electron chi connectivity index (χ1n) is 3.23. The van der Waals surface area contributed by atoms with Crippen LogP contribution in [0.2, 0.25) is 0 Å². The number of benzene rings is 1. The second-order valence-electron chi connectivity index (χ2n) is 2.32. The number of hydrogen-bond donors (Lipinski definition) is 1. The molecule has 0 bridgehead atoms. The molecule has 0 radical (unpaired) electrons. The topological polar surface area (TPSA) is 46.5 Å². The largest absolute Gasteiger partial charge is 0.422 e. The number of halogens is 1. The van der Waals surface area contributed by atoms with Crippen LogP contribution in [0.3, 0.4) is 0 Å². The first kappa shape index (κ1) is 9.23. The quantitative estimate of drug-likeness (QED) is 0.725. The van der Waals surface area contributed by atoms with E-state index in [-0.39, 0.29) is 5.75 Å². The molecule has 1 N–H and O–H groups in total. The van der Waals surface area contributed by atoms with Gasteiger partial charge in [0.05, 0.1) is 0 Å². The predicted molar refractivity (Wildman–Crippen MR) is 42.8 cm³/mol. The summed E-state index contributed by atoms with van der Waals surface area (Å²) < 4.78 is 27.9. The van der Waals surface area contributed by atoms with E-state index < -0.39 is 13.4 Å². The zero-order valence-electron chi connectivity index (χ0n) is 6.40. The Morgan fingerprint density at radius 1 is 1.50 bits per heavy atom. The van der Waals surface area contributed by atoms with Gasteiger partial charge in [0, 0.05) is 6.66 Å². The summed E-state index contributed by atoms with van der Waals surface area (Å²) in [6.07, 6.45) is 0. The molecule has 0 aliphatic heterocycles. The average molecular weight is 190 g/mol. The van der Waals surface area contributed by atoms with Crippen molar-refractivity contribution in [2.45, 2.75) is 0 Å². The second-order valence-corrected chi connectivity index (χ2v) is 4.11. The van der Waals surface area contributed by atoms with Gasteiger partial charge in [-0.05, 0) is 12.1 Å². The highest BCUT2D eigenvalue weighted by Crippen LogP contribution is 2.38. The van der Waals surface area contributed by atoms with Crippen molar-refractivity contribution in [3.8, 4) is 5.75 Å². The van der Waals surface area contributed by atoms with Gasteiger partial charge >= 0.3 is 7.60 Å². The molecule has 1 aromatic carbocycles. The molecule has 0 saturated heterocycles. The Labute approximate surface area is 69.3 Å². The molecule has 3 nitrogen and oxygen atoms in total. The van der Waals surface area contributed by atoms with Crippen molar-refractivity contribution in [2.75, 3.05) is 6.66 Å². The summed E-state index contributed by atoms with van der Waals surface area (Å²) in [6.45, 7) is 0.999. The van der Waals surface area contributed by atoms with E-state index in [1.807, 2.05) is 0 Å². The summed E-state index contributed by atoms with van der Waals surface area (Å²) in [5.41, 5.74) is 0. The molecule has 0 fully saturated rings. The lowest BCUT2D eigenvalue weighted by molar-refractivity contribution is 0.377. The standard InChI is InChI=1S/C7H8FO3P/c1-12(9,10)11-7-5-3-2-4-6(7)8/h2-5H,1H3,(H,9,10). The highest BCUT2D eigenvalue weighted by molar-refractivity contribution is 7.52. The average Bonchev–Trinajstić information content (AvgIpc) is 1.91. The van der Waals surface area contributed by atoms with Crippen LogP contribution >= 0.6 is 7.60 Å². The third-order valence-corrected chi connectivity index (χ3v) is 1.64. The highest BCUT2D eigenvalue weighted by atomic mass is 31.2. The summed E-state index contributed by atoms with van der Waals surface area (Å²) in [5, 5.41) is 0. The van der Waals surface area contributed by atoms with Gasteiger partial charge in [-0.15, -0.1) is 0 Å². The van der Waals surface area contributed by atoms with Crippen molar-refractivity contribution in [1.82, 2.24) is 0 Å². The van der Waals surface area contributed by atoms with E-state index in [0.717, 1.165) is 12.7 Å². The summed E-state index contributed by atoms with van der Waals surface area (Å²) in [4.78, 5) is 8.76. The number of hydrogen-bond acceptors (Lipinski definition) is 2. The van der Waals surface area contributed by atoms with E-state index in [1.165, 1.54) is 18.2 Å². The van der Waals surface area contributed by atoms with Crippen LogP contribution in [0.1, 0.15) is 0 Å². The number of rotatable bonds is 2. The van der Waals surface area contributed by atoms with Crippen LogP contribution in [0, 0.1) is 5.82 Å². The van der Waals surface area contributed by atoms with E-state index in [0.29, 0.717) is 0 Å². The summed E-state index contributed by atoms with van der Waals surface area (Å²) in [6, 6.07) is 5.45. The zero-order chi connectivity index (χ0) is 9.19. The summed E-state index contributed by atoms with van der Waals surface area (Å²) >= 11 is 0. The zero-order valence-corrected chi connectivity index (χ0v) is 7.29. The molecule has 0 saturated carbocycles. The van der Waals surface area contributed by atoms with Gasteiger partial charge in [-0.25, -0.2) is 8.96 Å². The molecule has 1 atom stereocenters. The molecule has 0 heterocycles. The first-order chi connectivity index (χ1) is 5.49. The predicted octanol–water partition coefficient (Wildman–Crippen LogP) is 2.02.